The minimum absolute atomic E-state index is 0.0116. The molecule has 0 atom stereocenters. The molecule has 3 N–H and O–H groups in total. The van der Waals surface area contributed by atoms with Gasteiger partial charge in [-0.1, -0.05) is 19.9 Å². The van der Waals surface area contributed by atoms with E-state index < -0.39 is 5.97 Å². The Kier molecular flexibility index (Phi) is 7.17. The lowest BCUT2D eigenvalue weighted by Crippen LogP contribution is -2.40. The Hall–Kier alpha value is -2.15. The molecule has 0 aliphatic heterocycles. The van der Waals surface area contributed by atoms with Gasteiger partial charge in [0.1, 0.15) is 5.69 Å². The quantitative estimate of drug-likeness (QED) is 0.663. The SMILES string of the molecule is CCN(CC)CCNC(=O)NCc1ccc(C(=O)O)nc1. The van der Waals surface area contributed by atoms with E-state index in [9.17, 15) is 9.59 Å². The number of carbonyl (C=O) groups is 2. The lowest BCUT2D eigenvalue weighted by atomic mass is 10.2. The first kappa shape index (κ1) is 16.9. The van der Waals surface area contributed by atoms with Crippen LogP contribution in [0.25, 0.3) is 0 Å². The third-order valence-electron chi connectivity index (χ3n) is 3.10. The number of pyridine rings is 1. The van der Waals surface area contributed by atoms with Crippen LogP contribution in [0, 0.1) is 0 Å². The second-order valence-electron chi connectivity index (χ2n) is 4.49. The van der Waals surface area contributed by atoms with Crippen LogP contribution in [0.15, 0.2) is 18.3 Å². The van der Waals surface area contributed by atoms with Crippen molar-refractivity contribution in [1.29, 1.82) is 0 Å². The number of nitrogens with zero attached hydrogens (tertiary/aromatic N) is 2. The highest BCUT2D eigenvalue weighted by Gasteiger charge is 2.05. The average Bonchev–Trinajstić information content (AvgIpc) is 2.50. The summed E-state index contributed by atoms with van der Waals surface area (Å²) in [4.78, 5) is 28.3. The second-order valence-corrected chi connectivity index (χ2v) is 4.49. The van der Waals surface area contributed by atoms with Gasteiger partial charge in [0.05, 0.1) is 0 Å². The maximum atomic E-state index is 11.6. The summed E-state index contributed by atoms with van der Waals surface area (Å²) < 4.78 is 0. The molecule has 1 rings (SSSR count). The van der Waals surface area contributed by atoms with Gasteiger partial charge in [0.25, 0.3) is 0 Å². The van der Waals surface area contributed by atoms with Crippen molar-refractivity contribution in [3.63, 3.8) is 0 Å². The van der Waals surface area contributed by atoms with Crippen molar-refractivity contribution in [1.82, 2.24) is 20.5 Å². The number of aromatic nitrogens is 1. The van der Waals surface area contributed by atoms with Crippen molar-refractivity contribution < 1.29 is 14.7 Å². The van der Waals surface area contributed by atoms with Gasteiger partial charge in [-0.15, -0.1) is 0 Å². The molecule has 7 nitrogen and oxygen atoms in total. The number of rotatable bonds is 8. The minimum atomic E-state index is -1.07. The second kappa shape index (κ2) is 8.91. The molecule has 0 unspecified atom stereocenters. The summed E-state index contributed by atoms with van der Waals surface area (Å²) in [6.45, 7) is 7.79. The van der Waals surface area contributed by atoms with Crippen molar-refractivity contribution in [3.8, 4) is 0 Å². The van der Waals surface area contributed by atoms with E-state index in [0.717, 1.165) is 25.2 Å². The van der Waals surface area contributed by atoms with Gasteiger partial charge in [0.2, 0.25) is 0 Å². The summed E-state index contributed by atoms with van der Waals surface area (Å²) in [7, 11) is 0. The van der Waals surface area contributed by atoms with Gasteiger partial charge in [-0.3, -0.25) is 0 Å². The van der Waals surface area contributed by atoms with Crippen LogP contribution in [0.5, 0.6) is 0 Å². The van der Waals surface area contributed by atoms with E-state index in [1.165, 1.54) is 12.3 Å². The molecule has 0 fully saturated rings. The molecule has 0 aliphatic rings. The van der Waals surface area contributed by atoms with E-state index in [1.54, 1.807) is 6.07 Å². The first-order valence-corrected chi connectivity index (χ1v) is 6.99. The van der Waals surface area contributed by atoms with Crippen LogP contribution in [0.4, 0.5) is 4.79 Å². The Bertz CT molecular complexity index is 458. The molecular formula is C14H22N4O3. The number of nitrogens with one attached hydrogen (secondary N) is 2. The number of likely N-dealkylation sites (N-methyl/N-ethyl adjacent to an activating group) is 1. The number of hydrogen-bond donors (Lipinski definition) is 3. The van der Waals surface area contributed by atoms with Crippen molar-refractivity contribution >= 4 is 12.0 Å². The fourth-order valence-electron chi connectivity index (χ4n) is 1.77. The highest BCUT2D eigenvalue weighted by Crippen LogP contribution is 1.99. The van der Waals surface area contributed by atoms with Crippen molar-refractivity contribution in [2.75, 3.05) is 26.2 Å². The van der Waals surface area contributed by atoms with Crippen molar-refractivity contribution in [2.24, 2.45) is 0 Å². The molecule has 0 bridgehead atoms. The summed E-state index contributed by atoms with van der Waals surface area (Å²) in [5.74, 6) is -1.07. The molecule has 1 heterocycles. The van der Waals surface area contributed by atoms with Crippen LogP contribution in [0.1, 0.15) is 29.9 Å². The van der Waals surface area contributed by atoms with E-state index in [1.807, 2.05) is 0 Å². The molecule has 0 saturated carbocycles. The largest absolute Gasteiger partial charge is 0.477 e. The molecule has 7 heteroatoms. The fraction of sp³-hybridized carbons (Fsp3) is 0.500. The van der Waals surface area contributed by atoms with Crippen molar-refractivity contribution in [2.45, 2.75) is 20.4 Å². The van der Waals surface area contributed by atoms with Crippen LogP contribution in [0.2, 0.25) is 0 Å². The number of urea groups is 1. The smallest absolute Gasteiger partial charge is 0.354 e. The Labute approximate surface area is 124 Å². The predicted molar refractivity (Wildman–Crippen MR) is 79.2 cm³/mol. The van der Waals surface area contributed by atoms with Gasteiger partial charge in [-0.2, -0.15) is 0 Å². The van der Waals surface area contributed by atoms with Gasteiger partial charge < -0.3 is 20.6 Å². The zero-order valence-electron chi connectivity index (χ0n) is 12.4. The van der Waals surface area contributed by atoms with Crippen LogP contribution < -0.4 is 10.6 Å². The van der Waals surface area contributed by atoms with Crippen molar-refractivity contribution in [3.05, 3.63) is 29.6 Å². The summed E-state index contributed by atoms with van der Waals surface area (Å²) in [6, 6.07) is 2.80. The highest BCUT2D eigenvalue weighted by molar-refractivity contribution is 5.85. The first-order valence-electron chi connectivity index (χ1n) is 6.99. The third-order valence-corrected chi connectivity index (χ3v) is 3.10. The standard InChI is InChI=1S/C14H22N4O3/c1-3-18(4-2)8-7-15-14(21)17-10-11-5-6-12(13(19)20)16-9-11/h5-6,9H,3-4,7-8,10H2,1-2H3,(H,19,20)(H2,15,17,21). The highest BCUT2D eigenvalue weighted by atomic mass is 16.4. The zero-order valence-corrected chi connectivity index (χ0v) is 12.4. The number of aromatic carboxylic acids is 1. The van der Waals surface area contributed by atoms with E-state index in [4.69, 9.17) is 5.11 Å². The monoisotopic (exact) mass is 294 g/mol. The Morgan fingerprint density at radius 2 is 1.95 bits per heavy atom. The molecule has 0 radical (unpaired) electrons. The van der Waals surface area contributed by atoms with Crippen LogP contribution in [0.3, 0.4) is 0 Å². The molecule has 1 aromatic rings. The van der Waals surface area contributed by atoms with Gasteiger partial charge in [0.15, 0.2) is 0 Å². The zero-order chi connectivity index (χ0) is 15.7. The van der Waals surface area contributed by atoms with Gasteiger partial charge in [-0.05, 0) is 24.7 Å². The predicted octanol–water partition coefficient (Wildman–Crippen LogP) is 0.921. The molecule has 21 heavy (non-hydrogen) atoms. The first-order chi connectivity index (χ1) is 10.1. The summed E-state index contributed by atoms with van der Waals surface area (Å²) in [5, 5.41) is 14.2. The number of amides is 2. The average molecular weight is 294 g/mol. The molecule has 2 amide bonds. The number of carboxylic acid groups (broad SMARTS) is 1. The fourth-order valence-corrected chi connectivity index (χ4v) is 1.77. The summed E-state index contributed by atoms with van der Waals surface area (Å²) in [6.07, 6.45) is 1.44. The normalized spacial score (nSPS) is 10.4. The maximum Gasteiger partial charge on any atom is 0.354 e. The topological polar surface area (TPSA) is 94.6 Å². The van der Waals surface area contributed by atoms with Gasteiger partial charge >= 0.3 is 12.0 Å². The molecule has 0 saturated heterocycles. The van der Waals surface area contributed by atoms with E-state index in [2.05, 4.69) is 34.4 Å². The Morgan fingerprint density at radius 1 is 1.24 bits per heavy atom. The number of carboxylic acids is 1. The van der Waals surface area contributed by atoms with Gasteiger partial charge in [0, 0.05) is 25.8 Å². The molecule has 1 aromatic heterocycles. The van der Waals surface area contributed by atoms with Crippen LogP contribution in [-0.4, -0.2) is 53.2 Å². The number of hydrogen-bond acceptors (Lipinski definition) is 4. The maximum absolute atomic E-state index is 11.6. The Morgan fingerprint density at radius 3 is 2.48 bits per heavy atom. The summed E-state index contributed by atoms with van der Waals surface area (Å²) in [5.41, 5.74) is 0.737. The van der Waals surface area contributed by atoms with E-state index in [0.29, 0.717) is 13.1 Å². The van der Waals surface area contributed by atoms with E-state index in [-0.39, 0.29) is 11.7 Å². The Balaban J connectivity index is 2.28. The summed E-state index contributed by atoms with van der Waals surface area (Å²) >= 11 is 0. The molecule has 0 aliphatic carbocycles. The van der Waals surface area contributed by atoms with Crippen LogP contribution in [-0.2, 0) is 6.54 Å². The lowest BCUT2D eigenvalue weighted by molar-refractivity contribution is 0.0690. The molecule has 0 aromatic carbocycles. The third kappa shape index (κ3) is 6.22. The molecule has 116 valence electrons. The molecule has 0 spiro atoms. The van der Waals surface area contributed by atoms with E-state index >= 15 is 0 Å². The van der Waals surface area contributed by atoms with Gasteiger partial charge in [-0.25, -0.2) is 14.6 Å². The number of carbonyl (C=O) groups excluding carboxylic acids is 1. The lowest BCUT2D eigenvalue weighted by Gasteiger charge is -2.18. The minimum Gasteiger partial charge on any atom is -0.477 e. The molecular weight excluding hydrogens is 272 g/mol. The van der Waals surface area contributed by atoms with Crippen LogP contribution >= 0.6 is 0 Å².